The fourth-order valence-electron chi connectivity index (χ4n) is 0.829. The first-order valence-corrected chi connectivity index (χ1v) is 4.63. The molecule has 0 aromatic carbocycles. The molecule has 0 rings (SSSR count). The number of aliphatic hydroxyl groups excluding tert-OH is 3. The summed E-state index contributed by atoms with van der Waals surface area (Å²) in [6, 6.07) is 0. The summed E-state index contributed by atoms with van der Waals surface area (Å²) in [4.78, 5) is 11.3. The first-order valence-electron chi connectivity index (χ1n) is 4.63. The van der Waals surface area contributed by atoms with Crippen molar-refractivity contribution < 1.29 is 20.1 Å². The molecule has 0 aliphatic carbocycles. The van der Waals surface area contributed by atoms with E-state index in [2.05, 4.69) is 5.32 Å². The van der Waals surface area contributed by atoms with Gasteiger partial charge in [-0.25, -0.2) is 0 Å². The van der Waals surface area contributed by atoms with Crippen LogP contribution in [0.5, 0.6) is 0 Å². The average molecular weight is 285 g/mol. The Hall–Kier alpha value is 2.62. The molecule has 1 amide bonds. The number of nitrogens with one attached hydrogen (secondary N) is 1. The van der Waals surface area contributed by atoms with Crippen LogP contribution in [-0.4, -0.2) is 150 Å². The van der Waals surface area contributed by atoms with Crippen LogP contribution in [0.15, 0.2) is 0 Å². The Bertz CT molecular complexity index is 190. The number of hydrogen-bond acceptors (Lipinski definition) is 4. The van der Waals surface area contributed by atoms with Gasteiger partial charge in [-0.2, -0.15) is 0 Å². The summed E-state index contributed by atoms with van der Waals surface area (Å²) in [5.74, 6) is -0.516. The van der Waals surface area contributed by atoms with Crippen LogP contribution in [0, 0.1) is 5.41 Å². The topological polar surface area (TPSA) is 89.8 Å². The number of aliphatic hydroxyl groups is 3. The monoisotopic (exact) mass is 285 g/mol. The molecule has 7 heteroatoms. The van der Waals surface area contributed by atoms with Crippen LogP contribution < -0.4 is 5.32 Å². The van der Waals surface area contributed by atoms with Gasteiger partial charge >= 0.3 is 103 Å². The molecule has 5 nitrogen and oxygen atoms in total. The van der Waals surface area contributed by atoms with E-state index in [1.807, 2.05) is 0 Å². The fourth-order valence-corrected chi connectivity index (χ4v) is 0.829. The van der Waals surface area contributed by atoms with Crippen LogP contribution >= 0.6 is 0 Å². The van der Waals surface area contributed by atoms with E-state index in [1.165, 1.54) is 0 Å². The second-order valence-corrected chi connectivity index (χ2v) is 3.92. The molecule has 0 spiro atoms. The molecule has 1 unspecified atom stereocenters. The summed E-state index contributed by atoms with van der Waals surface area (Å²) in [5.41, 5.74) is -0.844. The van der Waals surface area contributed by atoms with E-state index in [1.54, 1.807) is 13.8 Å². The van der Waals surface area contributed by atoms with Crippen LogP contribution in [-0.2, 0) is 4.79 Å². The molecular weight excluding hydrogens is 264 g/mol. The zero-order valence-corrected chi connectivity index (χ0v) is 8.66. The van der Waals surface area contributed by atoms with Crippen molar-refractivity contribution >= 4 is 109 Å². The molecule has 0 aliphatic rings. The van der Waals surface area contributed by atoms with Crippen molar-refractivity contribution in [1.82, 2.24) is 5.32 Å². The van der Waals surface area contributed by atoms with Crippen LogP contribution in [0.2, 0.25) is 0 Å². The van der Waals surface area contributed by atoms with Gasteiger partial charge < -0.3 is 20.6 Å². The first kappa shape index (κ1) is 23.7. The zero-order valence-electron chi connectivity index (χ0n) is 8.66. The maximum atomic E-state index is 11.3. The van der Waals surface area contributed by atoms with E-state index >= 15 is 0 Å². The van der Waals surface area contributed by atoms with Gasteiger partial charge in [-0.1, -0.05) is 13.8 Å². The Morgan fingerprint density at radius 2 is 1.81 bits per heavy atom. The number of hydrogen-bond donors (Lipinski definition) is 4. The van der Waals surface area contributed by atoms with E-state index in [9.17, 15) is 9.90 Å². The predicted octanol–water partition coefficient (Wildman–Crippen LogP) is -2.43. The van der Waals surface area contributed by atoms with Gasteiger partial charge in [0.25, 0.3) is 0 Å². The summed E-state index contributed by atoms with van der Waals surface area (Å²) >= 11 is 0. The van der Waals surface area contributed by atoms with Crippen molar-refractivity contribution in [2.75, 3.05) is 19.8 Å². The Balaban J connectivity index is -0.000000845. The molecule has 0 saturated carbocycles. The van der Waals surface area contributed by atoms with Crippen molar-refractivity contribution in [1.29, 1.82) is 0 Å². The number of carbonyl (C=O) groups is 1. The van der Waals surface area contributed by atoms with E-state index < -0.39 is 17.4 Å². The van der Waals surface area contributed by atoms with E-state index in [-0.39, 0.29) is 116 Å². The van der Waals surface area contributed by atoms with E-state index in [4.69, 9.17) is 10.2 Å². The van der Waals surface area contributed by atoms with Gasteiger partial charge in [0.15, 0.2) is 0 Å². The van der Waals surface area contributed by atoms with Crippen molar-refractivity contribution in [2.45, 2.75) is 26.4 Å². The Morgan fingerprint density at radius 1 is 1.31 bits per heavy atom. The summed E-state index contributed by atoms with van der Waals surface area (Å²) in [5, 5.41) is 29.3. The Labute approximate surface area is 182 Å². The Morgan fingerprint density at radius 3 is 2.19 bits per heavy atom. The third kappa shape index (κ3) is 9.54. The number of amides is 1. The summed E-state index contributed by atoms with van der Waals surface area (Å²) in [7, 11) is 0. The molecule has 0 aliphatic heterocycles. The summed E-state index contributed by atoms with van der Waals surface area (Å²) < 4.78 is 0. The molecule has 0 heterocycles. The molecule has 1 atom stereocenters. The first-order chi connectivity index (χ1) is 6.45. The third-order valence-electron chi connectivity index (χ3n) is 2.03. The standard InChI is InChI=1S/C9H19NO4.2K.2H/c1-9(2,6-12)7(13)8(14)10-4-3-5-11;;;;/h7,11-13H,3-6H2,1-2H3,(H,10,14);;;;. The second-order valence-electron chi connectivity index (χ2n) is 3.92. The van der Waals surface area contributed by atoms with Crippen molar-refractivity contribution in [2.24, 2.45) is 5.41 Å². The summed E-state index contributed by atoms with van der Waals surface area (Å²) in [6.45, 7) is 3.27. The normalized spacial score (nSPS) is 12.1. The molecule has 0 radical (unpaired) electrons. The van der Waals surface area contributed by atoms with Crippen molar-refractivity contribution in [3.63, 3.8) is 0 Å². The third-order valence-corrected chi connectivity index (χ3v) is 2.03. The molecule has 16 heavy (non-hydrogen) atoms. The minimum atomic E-state index is -1.23. The quantitative estimate of drug-likeness (QED) is 0.323. The SMILES string of the molecule is CC(C)(CO)C(O)C(=O)NCCCO.[KH].[KH]. The molecule has 0 bridgehead atoms. The van der Waals surface area contributed by atoms with Crippen LogP contribution in [0.1, 0.15) is 20.3 Å². The molecule has 4 N–H and O–H groups in total. The fraction of sp³-hybridized carbons (Fsp3) is 0.889. The molecule has 88 valence electrons. The minimum absolute atomic E-state index is 0. The van der Waals surface area contributed by atoms with Gasteiger partial charge in [0, 0.05) is 18.6 Å². The second kappa shape index (κ2) is 12.6. The predicted molar refractivity (Wildman–Crippen MR) is 65.9 cm³/mol. The molecule has 0 aromatic rings. The number of rotatable bonds is 6. The van der Waals surface area contributed by atoms with Crippen molar-refractivity contribution in [3.8, 4) is 0 Å². The van der Waals surface area contributed by atoms with Gasteiger partial charge in [-0.05, 0) is 6.42 Å². The molecule has 0 aromatic heterocycles. The number of carbonyl (C=O) groups excluding carboxylic acids is 1. The van der Waals surface area contributed by atoms with Crippen LogP contribution in [0.25, 0.3) is 0 Å². The van der Waals surface area contributed by atoms with Gasteiger partial charge in [-0.15, -0.1) is 0 Å². The Kier molecular flexibility index (Phi) is 18.7. The van der Waals surface area contributed by atoms with Crippen molar-refractivity contribution in [3.05, 3.63) is 0 Å². The zero-order chi connectivity index (χ0) is 11.2. The molecule has 0 saturated heterocycles. The average Bonchev–Trinajstić information content (AvgIpc) is 2.17. The maximum absolute atomic E-state index is 11.3. The van der Waals surface area contributed by atoms with Gasteiger partial charge in [0.2, 0.25) is 5.91 Å². The van der Waals surface area contributed by atoms with Gasteiger partial charge in [0.1, 0.15) is 6.10 Å². The van der Waals surface area contributed by atoms with Gasteiger partial charge in [0.05, 0.1) is 6.61 Å². The van der Waals surface area contributed by atoms with Crippen LogP contribution in [0.3, 0.4) is 0 Å². The molecular formula is C9H21K2NO4. The van der Waals surface area contributed by atoms with Crippen LogP contribution in [0.4, 0.5) is 0 Å². The van der Waals surface area contributed by atoms with E-state index in [0.29, 0.717) is 13.0 Å². The summed E-state index contributed by atoms with van der Waals surface area (Å²) in [6.07, 6.45) is -0.774. The van der Waals surface area contributed by atoms with Gasteiger partial charge in [-0.3, -0.25) is 4.79 Å². The molecule has 0 fully saturated rings. The van der Waals surface area contributed by atoms with E-state index in [0.717, 1.165) is 0 Å².